The Balaban J connectivity index is 2.47. The van der Waals surface area contributed by atoms with Gasteiger partial charge in [0.15, 0.2) is 0 Å². The van der Waals surface area contributed by atoms with E-state index >= 15 is 0 Å². The molecule has 0 spiro atoms. The zero-order chi connectivity index (χ0) is 8.27. The third-order valence-corrected chi connectivity index (χ3v) is 2.12. The minimum absolute atomic E-state index is 0.277. The summed E-state index contributed by atoms with van der Waals surface area (Å²) in [5.74, 6) is 0.277. The summed E-state index contributed by atoms with van der Waals surface area (Å²) in [7, 11) is 0. The molecular formula is C8H16N2O. The van der Waals surface area contributed by atoms with Gasteiger partial charge in [-0.25, -0.2) is 0 Å². The number of hydrogen-bond donors (Lipinski definition) is 1. The van der Waals surface area contributed by atoms with Crippen molar-refractivity contribution in [2.45, 2.75) is 26.3 Å². The smallest absolute Gasteiger partial charge is 0.222 e. The van der Waals surface area contributed by atoms with Crippen LogP contribution in [0, 0.1) is 0 Å². The van der Waals surface area contributed by atoms with Gasteiger partial charge in [0.1, 0.15) is 0 Å². The minimum Gasteiger partial charge on any atom is -0.337 e. The molecule has 1 atom stereocenters. The van der Waals surface area contributed by atoms with Gasteiger partial charge in [-0.1, -0.05) is 6.92 Å². The monoisotopic (exact) mass is 156 g/mol. The number of amides is 1. The Morgan fingerprint density at radius 1 is 1.73 bits per heavy atom. The maximum atomic E-state index is 11.3. The molecule has 0 unspecified atom stereocenters. The summed E-state index contributed by atoms with van der Waals surface area (Å²) in [6, 6.07) is 0.371. The summed E-state index contributed by atoms with van der Waals surface area (Å²) in [5.41, 5.74) is 0. The van der Waals surface area contributed by atoms with Gasteiger partial charge in [0.2, 0.25) is 5.91 Å². The summed E-state index contributed by atoms with van der Waals surface area (Å²) in [6.45, 7) is 6.74. The fourth-order valence-corrected chi connectivity index (χ4v) is 1.41. The molecule has 0 radical (unpaired) electrons. The quantitative estimate of drug-likeness (QED) is 0.589. The van der Waals surface area contributed by atoms with Gasteiger partial charge in [0, 0.05) is 32.1 Å². The summed E-state index contributed by atoms with van der Waals surface area (Å²) in [4.78, 5) is 13.2. The van der Waals surface area contributed by atoms with Crippen LogP contribution in [0.1, 0.15) is 20.3 Å². The van der Waals surface area contributed by atoms with Crippen LogP contribution in [0.5, 0.6) is 0 Å². The average Bonchev–Trinajstić information content (AvgIpc) is 2.04. The van der Waals surface area contributed by atoms with Gasteiger partial charge >= 0.3 is 0 Å². The highest BCUT2D eigenvalue weighted by Crippen LogP contribution is 2.03. The standard InChI is InChI=1S/C8H16N2O/c1-3-8(11)10-5-4-9-6-7(10)2/h7,9H,3-6H2,1-2H3/t7-/m1/s1. The van der Waals surface area contributed by atoms with Gasteiger partial charge in [-0.15, -0.1) is 0 Å². The normalized spacial score (nSPS) is 25.3. The van der Waals surface area contributed by atoms with Crippen LogP contribution in [0.15, 0.2) is 0 Å². The number of nitrogens with one attached hydrogen (secondary N) is 1. The van der Waals surface area contributed by atoms with Crippen molar-refractivity contribution in [3.05, 3.63) is 0 Å². The van der Waals surface area contributed by atoms with Crippen molar-refractivity contribution in [3.63, 3.8) is 0 Å². The molecule has 1 amide bonds. The molecule has 3 nitrogen and oxygen atoms in total. The Bertz CT molecular complexity index is 147. The third kappa shape index (κ3) is 1.93. The van der Waals surface area contributed by atoms with E-state index in [1.54, 1.807) is 0 Å². The lowest BCUT2D eigenvalue weighted by molar-refractivity contribution is -0.133. The average molecular weight is 156 g/mol. The highest BCUT2D eigenvalue weighted by atomic mass is 16.2. The molecule has 1 aliphatic heterocycles. The molecule has 0 aromatic heterocycles. The molecule has 0 aliphatic carbocycles. The predicted octanol–water partition coefficient (Wildman–Crippen LogP) is 0.217. The van der Waals surface area contributed by atoms with E-state index in [1.807, 2.05) is 11.8 Å². The fraction of sp³-hybridized carbons (Fsp3) is 0.875. The van der Waals surface area contributed by atoms with E-state index in [1.165, 1.54) is 0 Å². The number of carbonyl (C=O) groups excluding carboxylic acids is 1. The second-order valence-corrected chi connectivity index (χ2v) is 2.99. The van der Waals surface area contributed by atoms with Gasteiger partial charge in [-0.3, -0.25) is 4.79 Å². The van der Waals surface area contributed by atoms with Crippen molar-refractivity contribution in [3.8, 4) is 0 Å². The van der Waals surface area contributed by atoms with Crippen LogP contribution in [0.25, 0.3) is 0 Å². The third-order valence-electron chi connectivity index (χ3n) is 2.12. The molecule has 3 heteroatoms. The van der Waals surface area contributed by atoms with Gasteiger partial charge in [0.25, 0.3) is 0 Å². The Morgan fingerprint density at radius 3 is 3.00 bits per heavy atom. The van der Waals surface area contributed by atoms with Crippen molar-refractivity contribution in [1.29, 1.82) is 0 Å². The molecule has 1 rings (SSSR count). The van der Waals surface area contributed by atoms with Crippen molar-refractivity contribution >= 4 is 5.91 Å². The zero-order valence-electron chi connectivity index (χ0n) is 7.26. The maximum Gasteiger partial charge on any atom is 0.222 e. The largest absolute Gasteiger partial charge is 0.337 e. The molecule has 0 bridgehead atoms. The van der Waals surface area contributed by atoms with Crippen molar-refractivity contribution in [2.75, 3.05) is 19.6 Å². The Labute approximate surface area is 67.8 Å². The molecule has 0 aromatic carbocycles. The van der Waals surface area contributed by atoms with Crippen LogP contribution in [-0.2, 0) is 4.79 Å². The Morgan fingerprint density at radius 2 is 2.45 bits per heavy atom. The van der Waals surface area contributed by atoms with E-state index in [9.17, 15) is 4.79 Å². The van der Waals surface area contributed by atoms with Crippen LogP contribution >= 0.6 is 0 Å². The molecule has 1 N–H and O–H groups in total. The van der Waals surface area contributed by atoms with Crippen LogP contribution in [0.4, 0.5) is 0 Å². The van der Waals surface area contributed by atoms with Crippen LogP contribution in [-0.4, -0.2) is 36.5 Å². The second kappa shape index (κ2) is 3.72. The summed E-state index contributed by atoms with van der Waals surface area (Å²) in [6.07, 6.45) is 0.629. The van der Waals surface area contributed by atoms with Gasteiger partial charge in [-0.05, 0) is 6.92 Å². The van der Waals surface area contributed by atoms with Crippen molar-refractivity contribution in [2.24, 2.45) is 0 Å². The van der Waals surface area contributed by atoms with Crippen molar-refractivity contribution < 1.29 is 4.79 Å². The summed E-state index contributed by atoms with van der Waals surface area (Å²) < 4.78 is 0. The molecule has 1 fully saturated rings. The van der Waals surface area contributed by atoms with E-state index < -0.39 is 0 Å². The van der Waals surface area contributed by atoms with E-state index in [-0.39, 0.29) is 5.91 Å². The summed E-state index contributed by atoms with van der Waals surface area (Å²) >= 11 is 0. The van der Waals surface area contributed by atoms with Crippen LogP contribution in [0.2, 0.25) is 0 Å². The highest BCUT2D eigenvalue weighted by Gasteiger charge is 2.20. The molecule has 64 valence electrons. The lowest BCUT2D eigenvalue weighted by Crippen LogP contribution is -2.52. The SMILES string of the molecule is CCC(=O)N1CCNC[C@H]1C. The summed E-state index contributed by atoms with van der Waals surface area (Å²) in [5, 5.41) is 3.25. The molecule has 1 heterocycles. The van der Waals surface area contributed by atoms with Crippen LogP contribution in [0.3, 0.4) is 0 Å². The molecular weight excluding hydrogens is 140 g/mol. The molecule has 11 heavy (non-hydrogen) atoms. The van der Waals surface area contributed by atoms with Crippen LogP contribution < -0.4 is 5.32 Å². The highest BCUT2D eigenvalue weighted by molar-refractivity contribution is 5.76. The fourth-order valence-electron chi connectivity index (χ4n) is 1.41. The first-order valence-electron chi connectivity index (χ1n) is 4.26. The van der Waals surface area contributed by atoms with Gasteiger partial charge in [0.05, 0.1) is 0 Å². The van der Waals surface area contributed by atoms with E-state index in [2.05, 4.69) is 12.2 Å². The van der Waals surface area contributed by atoms with Gasteiger partial charge in [-0.2, -0.15) is 0 Å². The zero-order valence-corrected chi connectivity index (χ0v) is 7.26. The minimum atomic E-state index is 0.277. The number of hydrogen-bond acceptors (Lipinski definition) is 2. The van der Waals surface area contributed by atoms with E-state index in [0.717, 1.165) is 19.6 Å². The Kier molecular flexibility index (Phi) is 2.88. The lowest BCUT2D eigenvalue weighted by atomic mass is 10.2. The molecule has 0 aromatic rings. The number of piperazine rings is 1. The van der Waals surface area contributed by atoms with E-state index in [4.69, 9.17) is 0 Å². The second-order valence-electron chi connectivity index (χ2n) is 2.99. The predicted molar refractivity (Wildman–Crippen MR) is 44.3 cm³/mol. The molecule has 1 saturated heterocycles. The first-order chi connectivity index (χ1) is 5.25. The van der Waals surface area contributed by atoms with Crippen molar-refractivity contribution in [1.82, 2.24) is 10.2 Å². The number of nitrogens with zero attached hydrogens (tertiary/aromatic N) is 1. The maximum absolute atomic E-state index is 11.3. The topological polar surface area (TPSA) is 32.3 Å². The lowest BCUT2D eigenvalue weighted by Gasteiger charge is -2.33. The first-order valence-corrected chi connectivity index (χ1v) is 4.26. The number of carbonyl (C=O) groups is 1. The first kappa shape index (κ1) is 8.53. The molecule has 1 aliphatic rings. The van der Waals surface area contributed by atoms with Gasteiger partial charge < -0.3 is 10.2 Å². The Hall–Kier alpha value is -0.570. The molecule has 0 saturated carbocycles. The number of rotatable bonds is 1. The van der Waals surface area contributed by atoms with E-state index in [0.29, 0.717) is 12.5 Å².